The van der Waals surface area contributed by atoms with E-state index in [4.69, 9.17) is 5.11 Å². The van der Waals surface area contributed by atoms with Crippen LogP contribution in [0, 0.1) is 3.57 Å². The predicted molar refractivity (Wildman–Crippen MR) is 56.6 cm³/mol. The van der Waals surface area contributed by atoms with E-state index in [0.29, 0.717) is 0 Å². The minimum Gasteiger partial charge on any atom is -0.478 e. The Balaban J connectivity index is 3.41. The fraction of sp³-hybridized carbons (Fsp3) is 0.143. The van der Waals surface area contributed by atoms with Crippen LogP contribution in [0.5, 0.6) is 0 Å². The Morgan fingerprint density at radius 2 is 2.21 bits per heavy atom. The van der Waals surface area contributed by atoms with Crippen LogP contribution in [0.4, 0.5) is 8.78 Å². The lowest BCUT2D eigenvalue weighted by Crippen LogP contribution is -2.05. The maximum atomic E-state index is 12.5. The van der Waals surface area contributed by atoms with Crippen molar-refractivity contribution in [2.45, 2.75) is 6.43 Å². The molecule has 1 aromatic heterocycles. The molecule has 0 saturated carbocycles. The van der Waals surface area contributed by atoms with E-state index in [1.165, 1.54) is 0 Å². The number of hydrogen-bond acceptors (Lipinski definition) is 2. The van der Waals surface area contributed by atoms with Gasteiger partial charge in [0.05, 0.1) is 11.1 Å². The van der Waals surface area contributed by atoms with Gasteiger partial charge in [0.2, 0.25) is 0 Å². The Kier molecular flexibility index (Phi) is 3.76. The average Bonchev–Trinajstić information content (AvgIpc) is 2.02. The molecular formula is C7H3BrF2INO2. The van der Waals surface area contributed by atoms with Crippen LogP contribution in [0.1, 0.15) is 22.3 Å². The number of pyridine rings is 1. The molecule has 0 aliphatic carbocycles. The summed E-state index contributed by atoms with van der Waals surface area (Å²) in [4.78, 5) is 14.1. The predicted octanol–water partition coefficient (Wildman–Crippen LogP) is 3.08. The van der Waals surface area contributed by atoms with Crippen molar-refractivity contribution < 1.29 is 18.7 Å². The quantitative estimate of drug-likeness (QED) is 0.636. The number of aromatic nitrogens is 1. The number of rotatable bonds is 2. The summed E-state index contributed by atoms with van der Waals surface area (Å²) in [6.07, 6.45) is -1.71. The zero-order chi connectivity index (χ0) is 10.9. The van der Waals surface area contributed by atoms with Crippen molar-refractivity contribution in [3.8, 4) is 0 Å². The zero-order valence-electron chi connectivity index (χ0n) is 6.47. The first-order chi connectivity index (χ1) is 6.45. The summed E-state index contributed by atoms with van der Waals surface area (Å²) >= 11 is 4.41. The van der Waals surface area contributed by atoms with E-state index in [0.717, 1.165) is 6.20 Å². The number of carboxylic acids is 1. The molecule has 0 fully saturated rings. The summed E-state index contributed by atoms with van der Waals surface area (Å²) in [5.74, 6) is -1.27. The van der Waals surface area contributed by atoms with E-state index in [1.807, 2.05) is 0 Å². The van der Waals surface area contributed by atoms with Crippen LogP contribution >= 0.6 is 38.5 Å². The van der Waals surface area contributed by atoms with Gasteiger partial charge in [0.25, 0.3) is 6.43 Å². The van der Waals surface area contributed by atoms with Crippen LogP contribution in [0.25, 0.3) is 0 Å². The van der Waals surface area contributed by atoms with Gasteiger partial charge in [-0.1, -0.05) is 0 Å². The van der Waals surface area contributed by atoms with Gasteiger partial charge in [0.15, 0.2) is 0 Å². The van der Waals surface area contributed by atoms with Crippen LogP contribution in [0.15, 0.2) is 10.8 Å². The SMILES string of the molecule is O=C(O)c1cnc(Br)c(C(F)F)c1I. The fourth-order valence-corrected chi connectivity index (χ4v) is 2.52. The molecule has 1 rings (SSSR count). The molecule has 14 heavy (non-hydrogen) atoms. The Hall–Kier alpha value is -0.310. The molecular weight excluding hydrogens is 375 g/mol. The minimum absolute atomic E-state index is 0.00646. The average molecular weight is 378 g/mol. The second kappa shape index (κ2) is 4.47. The molecule has 0 atom stereocenters. The van der Waals surface area contributed by atoms with Gasteiger partial charge in [0.1, 0.15) is 4.60 Å². The van der Waals surface area contributed by atoms with Crippen molar-refractivity contribution >= 4 is 44.5 Å². The van der Waals surface area contributed by atoms with Gasteiger partial charge < -0.3 is 5.11 Å². The second-order valence-corrected chi connectivity index (χ2v) is 4.13. The highest BCUT2D eigenvalue weighted by atomic mass is 127. The highest BCUT2D eigenvalue weighted by Gasteiger charge is 2.22. The van der Waals surface area contributed by atoms with Crippen LogP contribution in [0.3, 0.4) is 0 Å². The smallest absolute Gasteiger partial charge is 0.338 e. The van der Waals surface area contributed by atoms with Gasteiger partial charge >= 0.3 is 5.97 Å². The number of nitrogens with zero attached hydrogens (tertiary/aromatic N) is 1. The number of aromatic carboxylic acids is 1. The van der Waals surface area contributed by atoms with Crippen molar-refractivity contribution in [2.75, 3.05) is 0 Å². The van der Waals surface area contributed by atoms with Gasteiger partial charge in [-0.05, 0) is 38.5 Å². The summed E-state index contributed by atoms with van der Waals surface area (Å²) in [7, 11) is 0. The Labute approximate surface area is 99.8 Å². The van der Waals surface area contributed by atoms with Crippen LogP contribution in [-0.2, 0) is 0 Å². The number of alkyl halides is 2. The van der Waals surface area contributed by atoms with E-state index in [1.54, 1.807) is 22.6 Å². The molecule has 0 amide bonds. The third-order valence-electron chi connectivity index (χ3n) is 1.45. The first kappa shape index (κ1) is 11.8. The summed E-state index contributed by atoms with van der Waals surface area (Å²) in [5.41, 5.74) is -0.602. The highest BCUT2D eigenvalue weighted by molar-refractivity contribution is 14.1. The molecule has 0 aromatic carbocycles. The summed E-state index contributed by atoms with van der Waals surface area (Å²) in [5, 5.41) is 8.66. The van der Waals surface area contributed by atoms with E-state index < -0.39 is 12.4 Å². The van der Waals surface area contributed by atoms with Gasteiger partial charge in [-0.15, -0.1) is 0 Å². The lowest BCUT2D eigenvalue weighted by atomic mass is 10.2. The number of carboxylic acid groups (broad SMARTS) is 1. The normalized spacial score (nSPS) is 10.6. The van der Waals surface area contributed by atoms with E-state index in [9.17, 15) is 13.6 Å². The Morgan fingerprint density at radius 1 is 1.64 bits per heavy atom. The largest absolute Gasteiger partial charge is 0.478 e. The van der Waals surface area contributed by atoms with E-state index in [-0.39, 0.29) is 19.3 Å². The van der Waals surface area contributed by atoms with Gasteiger partial charge in [-0.2, -0.15) is 0 Å². The molecule has 1 heterocycles. The van der Waals surface area contributed by atoms with Crippen molar-refractivity contribution in [2.24, 2.45) is 0 Å². The molecule has 0 bridgehead atoms. The first-order valence-electron chi connectivity index (χ1n) is 3.30. The van der Waals surface area contributed by atoms with Crippen LogP contribution < -0.4 is 0 Å². The number of halogens is 4. The van der Waals surface area contributed by atoms with Gasteiger partial charge in [-0.25, -0.2) is 18.6 Å². The van der Waals surface area contributed by atoms with Crippen molar-refractivity contribution in [3.63, 3.8) is 0 Å². The molecule has 0 spiro atoms. The summed E-state index contributed by atoms with van der Waals surface area (Å²) < 4.78 is 24.9. The third kappa shape index (κ3) is 2.19. The molecule has 0 saturated heterocycles. The van der Waals surface area contributed by atoms with Crippen LogP contribution in [0.2, 0.25) is 0 Å². The molecule has 0 aliphatic rings. The molecule has 1 N–H and O–H groups in total. The monoisotopic (exact) mass is 377 g/mol. The molecule has 7 heteroatoms. The molecule has 0 radical (unpaired) electrons. The Morgan fingerprint density at radius 3 is 2.64 bits per heavy atom. The van der Waals surface area contributed by atoms with Gasteiger partial charge in [-0.3, -0.25) is 0 Å². The second-order valence-electron chi connectivity index (χ2n) is 2.30. The Bertz CT molecular complexity index is 386. The van der Waals surface area contributed by atoms with E-state index in [2.05, 4.69) is 20.9 Å². The zero-order valence-corrected chi connectivity index (χ0v) is 10.2. The minimum atomic E-state index is -2.75. The number of carbonyl (C=O) groups is 1. The molecule has 76 valence electrons. The highest BCUT2D eigenvalue weighted by Crippen LogP contribution is 2.31. The standard InChI is InChI=1S/C7H3BrF2INO2/c8-5-3(6(9)10)4(11)2(1-12-5)7(13)14/h1,6H,(H,13,14). The first-order valence-corrected chi connectivity index (χ1v) is 5.17. The molecule has 0 unspecified atom stereocenters. The third-order valence-corrected chi connectivity index (χ3v) is 3.24. The van der Waals surface area contributed by atoms with Crippen LogP contribution in [-0.4, -0.2) is 16.1 Å². The number of hydrogen-bond donors (Lipinski definition) is 1. The lowest BCUT2D eigenvalue weighted by molar-refractivity contribution is 0.0694. The van der Waals surface area contributed by atoms with Crippen molar-refractivity contribution in [3.05, 3.63) is 25.5 Å². The topological polar surface area (TPSA) is 50.2 Å². The maximum absolute atomic E-state index is 12.5. The van der Waals surface area contributed by atoms with Gasteiger partial charge in [0, 0.05) is 9.77 Å². The maximum Gasteiger partial charge on any atom is 0.338 e. The van der Waals surface area contributed by atoms with E-state index >= 15 is 0 Å². The van der Waals surface area contributed by atoms with Crippen molar-refractivity contribution in [1.82, 2.24) is 4.98 Å². The van der Waals surface area contributed by atoms with Crippen molar-refractivity contribution in [1.29, 1.82) is 0 Å². The molecule has 1 aromatic rings. The molecule has 0 aliphatic heterocycles. The lowest BCUT2D eigenvalue weighted by Gasteiger charge is -2.07. The fourth-order valence-electron chi connectivity index (χ4n) is 0.818. The molecule has 3 nitrogen and oxygen atoms in total. The summed E-state index contributed by atoms with van der Waals surface area (Å²) in [6, 6.07) is 0. The summed E-state index contributed by atoms with van der Waals surface area (Å²) in [6.45, 7) is 0.